The highest BCUT2D eigenvalue weighted by atomic mass is 16.5. The zero-order chi connectivity index (χ0) is 25.2. The molecule has 1 atom stereocenters. The molecule has 0 spiro atoms. The van der Waals surface area contributed by atoms with Gasteiger partial charge in [-0.25, -0.2) is 4.79 Å². The standard InChI is InChI=1S/C32H27NO4/c1-35-25-14-12-24(13-15-25)27-18-31(34)37-32-26(27)16-17-30-29(32)20-33(21-36-30)19-28(22-8-4-2-5-9-22)23-10-6-3-7-11-23/h2-18,28H,19-21H2,1H3/p+1. The summed E-state index contributed by atoms with van der Waals surface area (Å²) in [5.74, 6) is 1.77. The van der Waals surface area contributed by atoms with Gasteiger partial charge < -0.3 is 13.9 Å². The lowest BCUT2D eigenvalue weighted by Crippen LogP contribution is -3.12. The van der Waals surface area contributed by atoms with E-state index in [1.54, 1.807) is 13.2 Å². The van der Waals surface area contributed by atoms with Crippen molar-refractivity contribution >= 4 is 11.0 Å². The molecule has 0 aliphatic carbocycles. The topological polar surface area (TPSA) is 53.1 Å². The van der Waals surface area contributed by atoms with Gasteiger partial charge in [0, 0.05) is 11.5 Å². The Labute approximate surface area is 215 Å². The summed E-state index contributed by atoms with van der Waals surface area (Å²) in [5.41, 5.74) is 5.50. The SMILES string of the molecule is COc1ccc(-c2cc(=O)oc3c4c(ccc23)OC[NH+](CC(c2ccccc2)c2ccccc2)C4)cc1. The molecule has 6 rings (SSSR count). The Hall–Kier alpha value is -4.35. The predicted octanol–water partition coefficient (Wildman–Crippen LogP) is 5.04. The first-order chi connectivity index (χ1) is 18.2. The van der Waals surface area contributed by atoms with Crippen LogP contribution in [0.3, 0.4) is 0 Å². The van der Waals surface area contributed by atoms with Crippen LogP contribution in [0.1, 0.15) is 22.6 Å². The van der Waals surface area contributed by atoms with E-state index in [1.807, 2.05) is 48.5 Å². The number of quaternary nitrogens is 1. The van der Waals surface area contributed by atoms with Gasteiger partial charge in [0.25, 0.3) is 0 Å². The number of hydrogen-bond acceptors (Lipinski definition) is 4. The maximum atomic E-state index is 12.7. The van der Waals surface area contributed by atoms with Crippen molar-refractivity contribution in [3.8, 4) is 22.6 Å². The molecule has 0 fully saturated rings. The lowest BCUT2D eigenvalue weighted by atomic mass is 9.90. The highest BCUT2D eigenvalue weighted by Gasteiger charge is 2.28. The zero-order valence-electron chi connectivity index (χ0n) is 20.6. The summed E-state index contributed by atoms with van der Waals surface area (Å²) in [4.78, 5) is 14.0. The van der Waals surface area contributed by atoms with Crippen LogP contribution in [0.15, 0.2) is 112 Å². The third kappa shape index (κ3) is 4.61. The van der Waals surface area contributed by atoms with Gasteiger partial charge in [-0.05, 0) is 46.5 Å². The number of ether oxygens (including phenoxy) is 2. The molecule has 5 heteroatoms. The molecule has 37 heavy (non-hydrogen) atoms. The van der Waals surface area contributed by atoms with Crippen molar-refractivity contribution < 1.29 is 18.8 Å². The number of methoxy groups -OCH3 is 1. The van der Waals surface area contributed by atoms with Crippen molar-refractivity contribution in [2.75, 3.05) is 20.4 Å². The summed E-state index contributed by atoms with van der Waals surface area (Å²) in [6.07, 6.45) is 0. The molecule has 1 unspecified atom stereocenters. The van der Waals surface area contributed by atoms with Gasteiger partial charge in [0.05, 0.1) is 25.1 Å². The van der Waals surface area contributed by atoms with Crippen LogP contribution in [-0.4, -0.2) is 20.4 Å². The fourth-order valence-electron chi connectivity index (χ4n) is 5.28. The first-order valence-corrected chi connectivity index (χ1v) is 12.5. The number of fused-ring (bicyclic) bond motifs is 3. The molecule has 2 heterocycles. The van der Waals surface area contributed by atoms with E-state index in [0.29, 0.717) is 18.9 Å². The average Bonchev–Trinajstić information content (AvgIpc) is 2.96. The Morgan fingerprint density at radius 2 is 1.54 bits per heavy atom. The summed E-state index contributed by atoms with van der Waals surface area (Å²) in [5, 5.41) is 0.899. The van der Waals surface area contributed by atoms with E-state index in [-0.39, 0.29) is 11.5 Å². The van der Waals surface area contributed by atoms with Gasteiger partial charge >= 0.3 is 5.63 Å². The van der Waals surface area contributed by atoms with Gasteiger partial charge in [-0.1, -0.05) is 72.8 Å². The van der Waals surface area contributed by atoms with Crippen LogP contribution in [0, 0.1) is 0 Å². The van der Waals surface area contributed by atoms with Gasteiger partial charge in [-0.2, -0.15) is 0 Å². The number of rotatable bonds is 6. The predicted molar refractivity (Wildman–Crippen MR) is 144 cm³/mol. The summed E-state index contributed by atoms with van der Waals surface area (Å²) in [6.45, 7) is 2.11. The molecule has 1 aliphatic heterocycles. The van der Waals surface area contributed by atoms with E-state index >= 15 is 0 Å². The Bertz CT molecular complexity index is 1540. The van der Waals surface area contributed by atoms with Gasteiger partial charge in [0.1, 0.15) is 18.0 Å². The van der Waals surface area contributed by atoms with E-state index in [4.69, 9.17) is 13.9 Å². The smallest absolute Gasteiger partial charge is 0.336 e. The largest absolute Gasteiger partial charge is 0.497 e. The van der Waals surface area contributed by atoms with Gasteiger partial charge in [-0.15, -0.1) is 0 Å². The van der Waals surface area contributed by atoms with Crippen LogP contribution >= 0.6 is 0 Å². The second-order valence-corrected chi connectivity index (χ2v) is 9.42. The lowest BCUT2D eigenvalue weighted by molar-refractivity contribution is -0.933. The van der Waals surface area contributed by atoms with Crippen molar-refractivity contribution in [2.24, 2.45) is 0 Å². The summed E-state index contributed by atoms with van der Waals surface area (Å²) in [7, 11) is 1.64. The highest BCUT2D eigenvalue weighted by Crippen LogP contribution is 2.35. The van der Waals surface area contributed by atoms with E-state index < -0.39 is 0 Å². The molecule has 184 valence electrons. The molecule has 5 aromatic rings. The minimum Gasteiger partial charge on any atom is -0.497 e. The van der Waals surface area contributed by atoms with Gasteiger partial charge in [0.2, 0.25) is 6.73 Å². The van der Waals surface area contributed by atoms with Crippen molar-refractivity contribution in [3.05, 3.63) is 130 Å². The van der Waals surface area contributed by atoms with Gasteiger partial charge in [0.15, 0.2) is 5.58 Å². The summed E-state index contributed by atoms with van der Waals surface area (Å²) >= 11 is 0. The lowest BCUT2D eigenvalue weighted by Gasteiger charge is -2.30. The van der Waals surface area contributed by atoms with E-state index in [2.05, 4.69) is 48.5 Å². The molecule has 0 bridgehead atoms. The van der Waals surface area contributed by atoms with Crippen LogP contribution in [-0.2, 0) is 6.54 Å². The minimum absolute atomic E-state index is 0.222. The molecule has 1 aromatic heterocycles. The Morgan fingerprint density at radius 1 is 0.865 bits per heavy atom. The quantitative estimate of drug-likeness (QED) is 0.339. The fraction of sp³-hybridized carbons (Fsp3) is 0.156. The van der Waals surface area contributed by atoms with Crippen molar-refractivity contribution in [2.45, 2.75) is 12.5 Å². The third-order valence-corrected chi connectivity index (χ3v) is 7.13. The fourth-order valence-corrected chi connectivity index (χ4v) is 5.28. The van der Waals surface area contributed by atoms with Crippen LogP contribution in [0.4, 0.5) is 0 Å². The van der Waals surface area contributed by atoms with E-state index in [1.165, 1.54) is 16.0 Å². The van der Waals surface area contributed by atoms with Crippen LogP contribution in [0.2, 0.25) is 0 Å². The van der Waals surface area contributed by atoms with Crippen LogP contribution in [0.5, 0.6) is 11.5 Å². The molecule has 1 N–H and O–H groups in total. The molecule has 0 radical (unpaired) electrons. The Kier molecular flexibility index (Phi) is 6.21. The number of hydrogen-bond donors (Lipinski definition) is 1. The maximum Gasteiger partial charge on any atom is 0.336 e. The molecule has 0 amide bonds. The van der Waals surface area contributed by atoms with Crippen LogP contribution < -0.4 is 20.0 Å². The highest BCUT2D eigenvalue weighted by molar-refractivity contribution is 5.95. The molecule has 1 aliphatic rings. The normalized spacial score (nSPS) is 14.8. The maximum absolute atomic E-state index is 12.7. The average molecular weight is 491 g/mol. The first-order valence-electron chi connectivity index (χ1n) is 12.5. The first kappa shape index (κ1) is 23.1. The van der Waals surface area contributed by atoms with Gasteiger partial charge in [-0.3, -0.25) is 4.90 Å². The van der Waals surface area contributed by atoms with E-state index in [9.17, 15) is 4.79 Å². The molecule has 5 nitrogen and oxygen atoms in total. The monoisotopic (exact) mass is 490 g/mol. The zero-order valence-corrected chi connectivity index (χ0v) is 20.6. The third-order valence-electron chi connectivity index (χ3n) is 7.13. The molecule has 0 saturated carbocycles. The minimum atomic E-state index is -0.370. The Balaban J connectivity index is 1.37. The second kappa shape index (κ2) is 9.96. The Morgan fingerprint density at radius 3 is 2.19 bits per heavy atom. The van der Waals surface area contributed by atoms with Crippen molar-refractivity contribution in [3.63, 3.8) is 0 Å². The summed E-state index contributed by atoms with van der Waals surface area (Å²) < 4.78 is 17.3. The number of benzene rings is 4. The van der Waals surface area contributed by atoms with Crippen molar-refractivity contribution in [1.29, 1.82) is 0 Å². The summed E-state index contributed by atoms with van der Waals surface area (Å²) in [6, 6.07) is 34.5. The van der Waals surface area contributed by atoms with Crippen LogP contribution in [0.25, 0.3) is 22.1 Å². The van der Waals surface area contributed by atoms with E-state index in [0.717, 1.165) is 40.1 Å². The molecule has 4 aromatic carbocycles. The molecular formula is C32H28NO4+. The number of nitrogens with one attached hydrogen (secondary N) is 1. The molecular weight excluding hydrogens is 462 g/mol. The molecule has 0 saturated heterocycles. The second-order valence-electron chi connectivity index (χ2n) is 9.42. The van der Waals surface area contributed by atoms with Crippen molar-refractivity contribution in [1.82, 2.24) is 0 Å².